The molecule has 0 spiro atoms. The lowest BCUT2D eigenvalue weighted by molar-refractivity contribution is -0.142. The monoisotopic (exact) mass is 549 g/mol. The zero-order valence-corrected chi connectivity index (χ0v) is 21.5. The SMILES string of the molecule is O=C(O)[C@H](Cc1ccccc1)N(Cc1ccc(-c2ccc(Cl)s2)s1)C(=O)c1ccc(Cl)cc1Cl. The summed E-state index contributed by atoms with van der Waals surface area (Å²) in [6.07, 6.45) is 0.159. The molecule has 0 bridgehead atoms. The molecule has 2 aromatic carbocycles. The Morgan fingerprint density at radius 2 is 1.59 bits per heavy atom. The van der Waals surface area contributed by atoms with Crippen molar-refractivity contribution in [2.24, 2.45) is 0 Å². The van der Waals surface area contributed by atoms with Gasteiger partial charge in [-0.15, -0.1) is 22.7 Å². The van der Waals surface area contributed by atoms with Gasteiger partial charge in [0.25, 0.3) is 5.91 Å². The second-order valence-corrected chi connectivity index (χ2v) is 11.2. The molecule has 4 nitrogen and oxygen atoms in total. The van der Waals surface area contributed by atoms with E-state index in [1.807, 2.05) is 54.6 Å². The molecule has 0 radical (unpaired) electrons. The van der Waals surface area contributed by atoms with Crippen LogP contribution in [-0.4, -0.2) is 27.9 Å². The van der Waals surface area contributed by atoms with Crippen molar-refractivity contribution in [3.8, 4) is 9.75 Å². The van der Waals surface area contributed by atoms with Gasteiger partial charge in [-0.3, -0.25) is 4.79 Å². The van der Waals surface area contributed by atoms with Crippen LogP contribution in [0.15, 0.2) is 72.8 Å². The minimum atomic E-state index is -1.09. The molecule has 0 saturated carbocycles. The van der Waals surface area contributed by atoms with Crippen molar-refractivity contribution in [1.29, 1.82) is 0 Å². The van der Waals surface area contributed by atoms with Crippen LogP contribution < -0.4 is 0 Å². The van der Waals surface area contributed by atoms with Crippen LogP contribution in [0.2, 0.25) is 14.4 Å². The van der Waals surface area contributed by atoms with E-state index in [1.54, 1.807) is 6.07 Å². The highest BCUT2D eigenvalue weighted by Crippen LogP contribution is 2.36. The molecule has 0 fully saturated rings. The number of hydrogen-bond acceptors (Lipinski definition) is 4. The first-order chi connectivity index (χ1) is 16.3. The second kappa shape index (κ2) is 10.9. The smallest absolute Gasteiger partial charge is 0.326 e. The Morgan fingerprint density at radius 3 is 2.24 bits per heavy atom. The normalized spacial score (nSPS) is 11.9. The van der Waals surface area contributed by atoms with Gasteiger partial charge in [0, 0.05) is 26.1 Å². The van der Waals surface area contributed by atoms with Gasteiger partial charge in [0.05, 0.1) is 21.5 Å². The van der Waals surface area contributed by atoms with Crippen molar-refractivity contribution < 1.29 is 14.7 Å². The number of hydrogen-bond donors (Lipinski definition) is 1. The summed E-state index contributed by atoms with van der Waals surface area (Å²) in [5.74, 6) is -1.57. The van der Waals surface area contributed by atoms with Gasteiger partial charge >= 0.3 is 5.97 Å². The molecule has 4 aromatic rings. The summed E-state index contributed by atoms with van der Waals surface area (Å²) in [6, 6.07) is 20.3. The third-order valence-electron chi connectivity index (χ3n) is 5.16. The number of benzene rings is 2. The summed E-state index contributed by atoms with van der Waals surface area (Å²) >= 11 is 21.3. The van der Waals surface area contributed by atoms with Gasteiger partial charge in [-0.1, -0.05) is 65.1 Å². The Hall–Kier alpha value is -2.35. The van der Waals surface area contributed by atoms with Crippen molar-refractivity contribution in [1.82, 2.24) is 4.90 Å². The number of thiophene rings is 2. The van der Waals surface area contributed by atoms with Crippen molar-refractivity contribution >= 4 is 69.4 Å². The molecule has 0 aliphatic carbocycles. The molecule has 34 heavy (non-hydrogen) atoms. The molecule has 0 unspecified atom stereocenters. The van der Waals surface area contributed by atoms with Crippen molar-refractivity contribution in [3.05, 3.63) is 103 Å². The summed E-state index contributed by atoms with van der Waals surface area (Å²) in [6.45, 7) is 0.116. The van der Waals surface area contributed by atoms with Crippen LogP contribution in [0.3, 0.4) is 0 Å². The minimum Gasteiger partial charge on any atom is -0.480 e. The van der Waals surface area contributed by atoms with Crippen LogP contribution in [0.25, 0.3) is 9.75 Å². The number of nitrogens with zero attached hydrogens (tertiary/aromatic N) is 1. The third kappa shape index (κ3) is 5.82. The Kier molecular flexibility index (Phi) is 7.96. The molecule has 2 aromatic heterocycles. The number of carbonyl (C=O) groups excluding carboxylic acids is 1. The molecule has 0 aliphatic heterocycles. The van der Waals surface area contributed by atoms with Gasteiger partial charge < -0.3 is 10.0 Å². The van der Waals surface area contributed by atoms with Crippen LogP contribution in [0.5, 0.6) is 0 Å². The van der Waals surface area contributed by atoms with E-state index in [2.05, 4.69) is 0 Å². The fourth-order valence-electron chi connectivity index (χ4n) is 3.52. The fraction of sp³-hybridized carbons (Fsp3) is 0.120. The van der Waals surface area contributed by atoms with E-state index in [0.29, 0.717) is 9.36 Å². The highest BCUT2D eigenvalue weighted by Gasteiger charge is 2.32. The first kappa shape index (κ1) is 24.8. The van der Waals surface area contributed by atoms with Gasteiger partial charge in [0.2, 0.25) is 0 Å². The zero-order valence-electron chi connectivity index (χ0n) is 17.6. The van der Waals surface area contributed by atoms with Gasteiger partial charge in [-0.2, -0.15) is 0 Å². The Balaban J connectivity index is 1.70. The highest BCUT2D eigenvalue weighted by molar-refractivity contribution is 7.24. The maximum atomic E-state index is 13.6. The lowest BCUT2D eigenvalue weighted by atomic mass is 10.0. The quantitative estimate of drug-likeness (QED) is 0.244. The standard InChI is InChI=1S/C25H18Cl3NO3S2/c26-16-6-8-18(19(27)13-16)24(30)29(20(25(31)32)12-15-4-2-1-3-5-15)14-17-7-9-21(33-17)22-10-11-23(28)34-22/h1-11,13,20H,12,14H2,(H,31,32)/t20-/m0/s1. The third-order valence-corrected chi connectivity index (χ3v) is 8.20. The van der Waals surface area contributed by atoms with E-state index in [1.165, 1.54) is 39.7 Å². The maximum absolute atomic E-state index is 13.6. The molecule has 0 saturated heterocycles. The van der Waals surface area contributed by atoms with Crippen molar-refractivity contribution in [2.75, 3.05) is 0 Å². The van der Waals surface area contributed by atoms with Crippen LogP contribution in [-0.2, 0) is 17.8 Å². The highest BCUT2D eigenvalue weighted by atomic mass is 35.5. The van der Waals surface area contributed by atoms with E-state index in [4.69, 9.17) is 34.8 Å². The molecule has 0 aliphatic rings. The maximum Gasteiger partial charge on any atom is 0.326 e. The Bertz CT molecular complexity index is 1320. The van der Waals surface area contributed by atoms with Gasteiger partial charge in [-0.25, -0.2) is 4.79 Å². The van der Waals surface area contributed by atoms with Crippen LogP contribution in [0.1, 0.15) is 20.8 Å². The number of aliphatic carboxylic acids is 1. The number of amides is 1. The summed E-state index contributed by atoms with van der Waals surface area (Å²) < 4.78 is 0.688. The lowest BCUT2D eigenvalue weighted by Crippen LogP contribution is -2.46. The first-order valence-corrected chi connectivity index (χ1v) is 13.0. The molecule has 4 rings (SSSR count). The molecule has 2 heterocycles. The van der Waals surface area contributed by atoms with E-state index in [-0.39, 0.29) is 23.6 Å². The molecular weight excluding hydrogens is 533 g/mol. The molecule has 9 heteroatoms. The minimum absolute atomic E-state index is 0.116. The number of carboxylic acids is 1. The number of carbonyl (C=O) groups is 2. The van der Waals surface area contributed by atoms with Gasteiger partial charge in [0.1, 0.15) is 6.04 Å². The van der Waals surface area contributed by atoms with E-state index in [0.717, 1.165) is 20.2 Å². The number of rotatable bonds is 8. The van der Waals surface area contributed by atoms with Crippen LogP contribution >= 0.6 is 57.5 Å². The van der Waals surface area contributed by atoms with Gasteiger partial charge in [0.15, 0.2) is 0 Å². The number of halogens is 3. The predicted octanol–water partition coefficient (Wildman–Crippen LogP) is 7.78. The lowest BCUT2D eigenvalue weighted by Gasteiger charge is -2.29. The molecular formula is C25H18Cl3NO3S2. The number of carboxylic acid groups (broad SMARTS) is 1. The second-order valence-electron chi connectivity index (χ2n) is 7.47. The van der Waals surface area contributed by atoms with E-state index in [9.17, 15) is 14.7 Å². The molecule has 174 valence electrons. The first-order valence-electron chi connectivity index (χ1n) is 10.2. The van der Waals surface area contributed by atoms with E-state index >= 15 is 0 Å². The summed E-state index contributed by atoms with van der Waals surface area (Å²) in [5, 5.41) is 10.7. The van der Waals surface area contributed by atoms with Gasteiger partial charge in [-0.05, 0) is 48.0 Å². The molecule has 1 atom stereocenters. The molecule has 1 N–H and O–H groups in total. The average molecular weight is 551 g/mol. The Morgan fingerprint density at radius 1 is 0.882 bits per heavy atom. The van der Waals surface area contributed by atoms with Crippen molar-refractivity contribution in [2.45, 2.75) is 19.0 Å². The summed E-state index contributed by atoms with van der Waals surface area (Å²) in [4.78, 5) is 30.2. The van der Waals surface area contributed by atoms with Crippen LogP contribution in [0, 0.1) is 0 Å². The summed E-state index contributed by atoms with van der Waals surface area (Å²) in [5.41, 5.74) is 1.02. The predicted molar refractivity (Wildman–Crippen MR) is 141 cm³/mol. The average Bonchev–Trinajstić information content (AvgIpc) is 3.45. The topological polar surface area (TPSA) is 57.6 Å². The van der Waals surface area contributed by atoms with E-state index < -0.39 is 17.9 Å². The zero-order chi connectivity index (χ0) is 24.2. The van der Waals surface area contributed by atoms with Crippen molar-refractivity contribution in [3.63, 3.8) is 0 Å². The summed E-state index contributed by atoms with van der Waals surface area (Å²) in [7, 11) is 0. The molecule has 1 amide bonds. The Labute approximate surface area is 219 Å². The van der Waals surface area contributed by atoms with Crippen LogP contribution in [0.4, 0.5) is 0 Å². The largest absolute Gasteiger partial charge is 0.480 e. The fourth-order valence-corrected chi connectivity index (χ4v) is 6.15.